The van der Waals surface area contributed by atoms with Gasteiger partial charge in [0.15, 0.2) is 30.0 Å². The van der Waals surface area contributed by atoms with E-state index < -0.39 is 35.8 Å². The number of allylic oxidation sites excluding steroid dienone is 1. The highest BCUT2D eigenvalue weighted by Crippen LogP contribution is 2.40. The molecule has 0 saturated carbocycles. The number of nitrogens with one attached hydrogen (secondary N) is 6. The normalized spacial score (nSPS) is 12.8. The second-order valence-corrected chi connectivity index (χ2v) is 30.7. The molecule has 2 aliphatic rings. The third-order valence-corrected chi connectivity index (χ3v) is 20.7. The van der Waals surface area contributed by atoms with E-state index in [1.165, 1.54) is 35.9 Å². The summed E-state index contributed by atoms with van der Waals surface area (Å²) in [5.74, 6) is -1.09. The predicted molar refractivity (Wildman–Crippen MR) is 495 cm³/mol. The van der Waals surface area contributed by atoms with Gasteiger partial charge in [0.2, 0.25) is 0 Å². The molecule has 0 spiro atoms. The molecule has 0 aromatic heterocycles. The summed E-state index contributed by atoms with van der Waals surface area (Å²) in [6.07, 6.45) is 2.34. The summed E-state index contributed by atoms with van der Waals surface area (Å²) in [5.41, 5.74) is 14.9. The van der Waals surface area contributed by atoms with E-state index in [0.717, 1.165) is 86.2 Å². The Bertz CT molecular complexity index is 5850. The third-order valence-electron chi connectivity index (χ3n) is 19.9. The molecule has 0 bridgehead atoms. The lowest BCUT2D eigenvalue weighted by molar-refractivity contribution is -0.122. The van der Waals surface area contributed by atoms with E-state index in [9.17, 15) is 48.9 Å². The van der Waals surface area contributed by atoms with Gasteiger partial charge in [-0.3, -0.25) is 28.8 Å². The zero-order chi connectivity index (χ0) is 90.1. The number of nitriles is 1. The zero-order valence-electron chi connectivity index (χ0n) is 71.1. The van der Waals surface area contributed by atoms with Gasteiger partial charge in [-0.25, -0.2) is 14.8 Å². The maximum Gasteiger partial charge on any atom is 0.323 e. The van der Waals surface area contributed by atoms with Gasteiger partial charge in [-0.1, -0.05) is 118 Å². The van der Waals surface area contributed by atoms with Crippen molar-refractivity contribution >= 4 is 145 Å². The number of benzene rings is 10. The van der Waals surface area contributed by atoms with Gasteiger partial charge in [0, 0.05) is 88.9 Å². The molecular formula is C96H98Cl3N13O13. The summed E-state index contributed by atoms with van der Waals surface area (Å²) in [4.78, 5) is 105. The highest BCUT2D eigenvalue weighted by Gasteiger charge is 2.37. The number of halogens is 3. The maximum absolute atomic E-state index is 13.9. The number of aliphatic hydroxyl groups is 2. The molecule has 12 rings (SSSR count). The van der Waals surface area contributed by atoms with Gasteiger partial charge in [0.25, 0.3) is 23.6 Å². The molecule has 125 heavy (non-hydrogen) atoms. The largest absolute Gasteiger partial charge is 0.506 e. The smallest absolute Gasteiger partial charge is 0.323 e. The number of hydrazone groups is 1. The number of aliphatic hydroxyl groups excluding tert-OH is 2. The number of aromatic hydroxyl groups is 1. The first kappa shape index (κ1) is 93.6. The Balaban J connectivity index is 0.000000201. The lowest BCUT2D eigenvalue weighted by Gasteiger charge is -2.23. The Kier molecular flexibility index (Phi) is 33.2. The fourth-order valence-corrected chi connectivity index (χ4v) is 14.3. The van der Waals surface area contributed by atoms with Crippen molar-refractivity contribution in [2.24, 2.45) is 15.1 Å². The van der Waals surface area contributed by atoms with Crippen molar-refractivity contribution in [2.45, 2.75) is 95.1 Å². The summed E-state index contributed by atoms with van der Waals surface area (Å²) in [6.45, 7) is 24.6. The van der Waals surface area contributed by atoms with Crippen LogP contribution in [0.5, 0.6) is 23.0 Å². The van der Waals surface area contributed by atoms with Gasteiger partial charge >= 0.3 is 11.9 Å². The second kappa shape index (κ2) is 44.4. The van der Waals surface area contributed by atoms with Gasteiger partial charge in [-0.2, -0.15) is 10.3 Å². The first-order valence-corrected chi connectivity index (χ1v) is 41.5. The molecule has 9 N–H and O–H groups in total. The predicted octanol–water partition coefficient (Wildman–Crippen LogP) is 17.9. The van der Waals surface area contributed by atoms with Crippen LogP contribution < -0.4 is 60.9 Å². The van der Waals surface area contributed by atoms with Crippen LogP contribution in [0.4, 0.5) is 56.0 Å². The Morgan fingerprint density at radius 1 is 0.568 bits per heavy atom. The molecule has 7 amide bonds. The van der Waals surface area contributed by atoms with Crippen molar-refractivity contribution in [2.75, 3.05) is 95.2 Å². The van der Waals surface area contributed by atoms with E-state index in [1.54, 1.807) is 79.7 Å². The molecule has 1 unspecified atom stereocenters. The van der Waals surface area contributed by atoms with E-state index in [4.69, 9.17) is 59.3 Å². The monoisotopic (exact) mass is 1750 g/mol. The van der Waals surface area contributed by atoms with Crippen LogP contribution in [0.25, 0.3) is 0 Å². The van der Waals surface area contributed by atoms with Gasteiger partial charge in [-0.15, -0.1) is 5.10 Å². The number of fused-ring (bicyclic) bond motifs is 1. The quantitative estimate of drug-likeness (QED) is 0.0119. The van der Waals surface area contributed by atoms with Crippen LogP contribution in [0.15, 0.2) is 221 Å². The number of rotatable bonds is 29. The number of ether oxygens (including phenoxy) is 3. The molecule has 1 aliphatic carbocycles. The van der Waals surface area contributed by atoms with Crippen LogP contribution in [0, 0.1) is 66.7 Å². The average Bonchev–Trinajstić information content (AvgIpc) is 1.72. The van der Waals surface area contributed by atoms with Gasteiger partial charge in [-0.05, 0) is 244 Å². The van der Waals surface area contributed by atoms with Crippen LogP contribution >= 0.6 is 34.8 Å². The molecule has 0 radical (unpaired) electrons. The van der Waals surface area contributed by atoms with Gasteiger partial charge in [0.05, 0.1) is 69.8 Å². The molecular weight excluding hydrogens is 1650 g/mol. The number of aliphatic imine (C=N–C) groups is 2. The lowest BCUT2D eigenvalue weighted by Crippen LogP contribution is -2.37. The Morgan fingerprint density at radius 3 is 1.70 bits per heavy atom. The number of aryl methyl sites for hydroxylation is 8. The number of hydrogen-bond acceptors (Lipinski definition) is 19. The highest BCUT2D eigenvalue weighted by atomic mass is 35.5. The molecule has 29 heteroatoms. The first-order valence-electron chi connectivity index (χ1n) is 40.3. The number of likely N-dealkylation sites (N-methyl/N-ethyl adjacent to an activating group) is 2. The number of carbonyl (C=O) groups excluding carboxylic acids is 7. The molecule has 0 saturated heterocycles. The van der Waals surface area contributed by atoms with Crippen LogP contribution in [0.3, 0.4) is 0 Å². The SMILES string of the molecule is CCN(CCO)c1ccc(N=C2C(=O)N(c3c(Cl)cc(Cl)cc3Cl)N=C2NC(=O)c2cccc(NC(=O)COc3ccc(C)cc3C)c2)c(C)c1.CCN(CCO)c1ccc(N=C2C=C(C(=O)NCCCCOc3ccc(C)cc3C)C(=O)c3ccccc32)c(C)c1.Cc1ccc(OC(C)C(=O)Nc2ccc(NC(=O)Nc3ccc(C#N)cc3)c(O)c2)c(C)c1. The summed E-state index contributed by atoms with van der Waals surface area (Å²) < 4.78 is 17.3. The average molecular weight is 1750 g/mol. The molecule has 1 heterocycles. The molecule has 1 aliphatic heterocycles. The van der Waals surface area contributed by atoms with Gasteiger partial charge in [0.1, 0.15) is 28.7 Å². The summed E-state index contributed by atoms with van der Waals surface area (Å²) in [7, 11) is 0. The number of phenolic OH excluding ortho intramolecular Hbond substituents is 1. The Hall–Kier alpha value is -13.7. The number of Topliss-reactive ketones (excluding diaryl/α,β-unsaturated/α-hetero) is 1. The van der Waals surface area contributed by atoms with E-state index in [-0.39, 0.29) is 86.4 Å². The van der Waals surface area contributed by atoms with Crippen molar-refractivity contribution in [1.82, 2.24) is 10.6 Å². The number of phenols is 1. The zero-order valence-corrected chi connectivity index (χ0v) is 73.4. The van der Waals surface area contributed by atoms with Crippen LogP contribution in [-0.4, -0.2) is 139 Å². The van der Waals surface area contributed by atoms with E-state index in [0.29, 0.717) is 89.4 Å². The summed E-state index contributed by atoms with van der Waals surface area (Å²) >= 11 is 19.0. The van der Waals surface area contributed by atoms with Crippen LogP contribution in [0.1, 0.15) is 110 Å². The standard InChI is InChI=1S/C37H35Cl3N6O5.C34H39N3O4.C25H24N4O4/c1-5-45(13-14-47)27-10-11-30(22(3)16-27)42-33-35(44-46(37(33)50)34-28(39)18-25(38)19-29(34)40)43-36(49)24-7-6-8-26(17-24)41-32(48)20-51-31-12-9-21(2)15-23(31)4;1-5-37(17-18-38)26-13-14-30(24(3)21-26)36-31-22-29(33(39)28-11-7-6-10-27(28)31)34(40)35-16-8-9-19-41-32-15-12-23(2)20-25(32)4;1-15-4-11-23(16(2)12-15)33-17(3)24(31)27-20-9-10-21(22(30)13-20)29-25(32)28-19-7-5-18(14-26)6-8-19/h6-12,15-19,47H,5,13-14,20H2,1-4H3,(H,41,48)(H,43,44,49);6-7,10-15,20-22,38H,5,8-9,16-19H2,1-4H3,(H,35,40);4-13,17,30H,1-3H3,(H,27,31)(H2,28,29,32). The minimum absolute atomic E-state index is 0.00590. The van der Waals surface area contributed by atoms with E-state index >= 15 is 0 Å². The van der Waals surface area contributed by atoms with Crippen molar-refractivity contribution in [3.8, 4) is 29.1 Å². The molecule has 1 atom stereocenters. The number of unbranched alkanes of at least 4 members (excludes halogenated alkanes) is 1. The topological polar surface area (TPSA) is 351 Å². The molecule has 646 valence electrons. The minimum atomic E-state index is -0.760. The lowest BCUT2D eigenvalue weighted by atomic mass is 9.88. The number of urea groups is 1. The molecule has 0 fully saturated rings. The van der Waals surface area contributed by atoms with E-state index in [1.807, 2.05) is 164 Å². The first-order chi connectivity index (χ1) is 59.9. The number of amidine groups is 1. The molecule has 10 aromatic carbocycles. The highest BCUT2D eigenvalue weighted by molar-refractivity contribution is 6.72. The fraction of sp³-hybridized carbons (Fsp3) is 0.240. The number of anilines is 7. The van der Waals surface area contributed by atoms with E-state index in [2.05, 4.69) is 59.9 Å². The Morgan fingerprint density at radius 2 is 1.14 bits per heavy atom. The van der Waals surface area contributed by atoms with Crippen molar-refractivity contribution in [1.29, 1.82) is 5.26 Å². The Labute approximate surface area is 741 Å². The maximum atomic E-state index is 13.9. The van der Waals surface area contributed by atoms with Crippen molar-refractivity contribution < 1.29 is 63.1 Å². The minimum Gasteiger partial charge on any atom is -0.506 e. The van der Waals surface area contributed by atoms with Crippen molar-refractivity contribution in [3.63, 3.8) is 0 Å². The van der Waals surface area contributed by atoms with Crippen molar-refractivity contribution in [3.05, 3.63) is 288 Å². The number of carbonyl (C=O) groups is 7. The molecule has 26 nitrogen and oxygen atoms in total. The van der Waals surface area contributed by atoms with Crippen LogP contribution in [-0.2, 0) is 19.2 Å². The number of nitrogens with zero attached hydrogens (tertiary/aromatic N) is 7. The summed E-state index contributed by atoms with van der Waals surface area (Å²) in [6, 6.07) is 57.4. The van der Waals surface area contributed by atoms with Crippen LogP contribution in [0.2, 0.25) is 15.1 Å². The summed E-state index contributed by atoms with van der Waals surface area (Å²) in [5, 5.41) is 59.8. The number of hydrogen-bond donors (Lipinski definition) is 9. The fourth-order valence-electron chi connectivity index (χ4n) is 13.3. The number of amides is 7. The number of ketones is 1. The second-order valence-electron chi connectivity index (χ2n) is 29.5. The third kappa shape index (κ3) is 25.5. The van der Waals surface area contributed by atoms with Gasteiger partial charge < -0.3 is 71.2 Å². The molecule has 10 aromatic rings.